The molecule has 11 heteroatoms. The fraction of sp³-hybridized carbons (Fsp3) is 0.289. The van der Waals surface area contributed by atoms with Gasteiger partial charge in [0.05, 0.1) is 34.6 Å². The Morgan fingerprint density at radius 2 is 1.00 bits per heavy atom. The first-order valence-corrected chi connectivity index (χ1v) is 18.9. The van der Waals surface area contributed by atoms with Crippen molar-refractivity contribution in [2.24, 2.45) is 0 Å². The lowest BCUT2D eigenvalue weighted by Gasteiger charge is -2.52. The number of carbonyl (C=O) groups excluding carboxylic acids is 4. The van der Waals surface area contributed by atoms with Crippen LogP contribution < -0.4 is 9.80 Å². The second kappa shape index (κ2) is 15.6. The van der Waals surface area contributed by atoms with E-state index in [4.69, 9.17) is 11.6 Å². The van der Waals surface area contributed by atoms with Gasteiger partial charge in [0.1, 0.15) is 5.69 Å². The third kappa shape index (κ3) is 7.37. The Balaban J connectivity index is 0.000000172. The molecule has 56 heavy (non-hydrogen) atoms. The van der Waals surface area contributed by atoms with Gasteiger partial charge in [-0.3, -0.25) is 9.59 Å². The summed E-state index contributed by atoms with van der Waals surface area (Å²) < 4.78 is 29.6. The molecule has 8 nitrogen and oxygen atoms in total. The summed E-state index contributed by atoms with van der Waals surface area (Å²) in [4.78, 5) is 56.1. The molecule has 8 rings (SSSR count). The lowest BCUT2D eigenvalue weighted by atomic mass is 9.72. The molecule has 2 aliphatic heterocycles. The van der Waals surface area contributed by atoms with Gasteiger partial charge in [0, 0.05) is 36.3 Å². The molecule has 0 unspecified atom stereocenters. The average molecular weight is 773 g/mol. The van der Waals surface area contributed by atoms with E-state index in [0.717, 1.165) is 68.2 Å². The first-order valence-electron chi connectivity index (χ1n) is 18.6. The van der Waals surface area contributed by atoms with Gasteiger partial charge in [0.25, 0.3) is 0 Å². The van der Waals surface area contributed by atoms with Crippen LogP contribution in [0.1, 0.15) is 80.0 Å². The predicted octanol–water partition coefficient (Wildman–Crippen LogP) is 8.92. The number of amides is 6. The van der Waals surface area contributed by atoms with Crippen LogP contribution in [0.15, 0.2) is 91.0 Å². The third-order valence-electron chi connectivity index (χ3n) is 11.3. The maximum atomic E-state index is 14.8. The summed E-state index contributed by atoms with van der Waals surface area (Å²) in [7, 11) is 3.37. The van der Waals surface area contributed by atoms with E-state index >= 15 is 0 Å². The Morgan fingerprint density at radius 3 is 1.48 bits per heavy atom. The Labute approximate surface area is 330 Å². The highest BCUT2D eigenvalue weighted by Gasteiger charge is 2.52. The number of benzene rings is 4. The molecule has 4 aliphatic rings. The minimum Gasteiger partial charge on any atom is -0.321 e. The van der Waals surface area contributed by atoms with Gasteiger partial charge in [-0.25, -0.2) is 28.2 Å². The number of halogens is 3. The first-order chi connectivity index (χ1) is 26.9. The number of carbonyl (C=O) groups is 4. The Morgan fingerprint density at radius 1 is 0.554 bits per heavy atom. The zero-order valence-corrected chi connectivity index (χ0v) is 31.8. The average Bonchev–Trinajstić information content (AvgIpc) is 3.65. The maximum Gasteiger partial charge on any atom is 0.331 e. The largest absolute Gasteiger partial charge is 0.331 e. The molecule has 284 valence electrons. The highest BCUT2D eigenvalue weighted by Crippen LogP contribution is 2.45. The second-order valence-electron chi connectivity index (χ2n) is 14.7. The van der Waals surface area contributed by atoms with Crippen molar-refractivity contribution in [1.82, 2.24) is 9.80 Å². The zero-order chi connectivity index (χ0) is 39.6. The summed E-state index contributed by atoms with van der Waals surface area (Å²) in [6.45, 7) is 0. The van der Waals surface area contributed by atoms with Crippen molar-refractivity contribution in [3.05, 3.63) is 130 Å². The van der Waals surface area contributed by atoms with Gasteiger partial charge in [-0.2, -0.15) is 0 Å². The third-order valence-corrected chi connectivity index (χ3v) is 11.6. The lowest BCUT2D eigenvalue weighted by Crippen LogP contribution is -2.65. The van der Waals surface area contributed by atoms with Crippen molar-refractivity contribution in [2.45, 2.75) is 68.9 Å². The van der Waals surface area contributed by atoms with Gasteiger partial charge in [0.2, 0.25) is 11.8 Å². The molecule has 2 aliphatic carbocycles. The van der Waals surface area contributed by atoms with E-state index in [1.54, 1.807) is 49.3 Å². The van der Waals surface area contributed by atoms with Crippen LogP contribution in [0.5, 0.6) is 0 Å². The smallest absolute Gasteiger partial charge is 0.321 e. The number of rotatable bonds is 2. The van der Waals surface area contributed by atoms with Gasteiger partial charge in [-0.15, -0.1) is 0 Å². The van der Waals surface area contributed by atoms with E-state index in [1.807, 2.05) is 48.5 Å². The highest BCUT2D eigenvalue weighted by molar-refractivity contribution is 6.35. The number of hydrogen-bond donors (Lipinski definition) is 0. The second-order valence-corrected chi connectivity index (χ2v) is 15.1. The van der Waals surface area contributed by atoms with Gasteiger partial charge < -0.3 is 9.80 Å². The van der Waals surface area contributed by atoms with Crippen LogP contribution in [-0.2, 0) is 9.59 Å². The number of nitrogens with zero attached hydrogens (tertiary/aromatic N) is 4. The molecule has 2 spiro atoms. The van der Waals surface area contributed by atoms with Gasteiger partial charge >= 0.3 is 12.1 Å². The molecule has 2 heterocycles. The molecule has 2 saturated heterocycles. The SMILES string of the molecule is CN1C(=O)N(c2c(F)cc(C#Cc3ccccc3)cc2F)C(=O)CC12CCCC2.CN1C(=O)N(c2ccc(C#Cc3ccccc3)cc2Cl)C(=O)CC12CCC2. The molecular formula is C45H39ClF2N4O4. The topological polar surface area (TPSA) is 81.2 Å². The number of urea groups is 2. The molecule has 4 aromatic carbocycles. The normalized spacial score (nSPS) is 18.2. The van der Waals surface area contributed by atoms with Gasteiger partial charge in [-0.1, -0.05) is 84.5 Å². The minimum atomic E-state index is -0.986. The van der Waals surface area contributed by atoms with Crippen molar-refractivity contribution in [2.75, 3.05) is 23.9 Å². The summed E-state index contributed by atoms with van der Waals surface area (Å²) in [5, 5.41) is 0.342. The molecule has 0 aromatic heterocycles. The van der Waals surface area contributed by atoms with Crippen LogP contribution in [-0.4, -0.2) is 58.8 Å². The molecule has 0 atom stereocenters. The highest BCUT2D eigenvalue weighted by atomic mass is 35.5. The van der Waals surface area contributed by atoms with E-state index in [2.05, 4.69) is 23.7 Å². The Kier molecular flexibility index (Phi) is 10.7. The van der Waals surface area contributed by atoms with Crippen LogP contribution >= 0.6 is 11.6 Å². The van der Waals surface area contributed by atoms with Crippen LogP contribution in [0.2, 0.25) is 5.02 Å². The molecule has 4 fully saturated rings. The van der Waals surface area contributed by atoms with Crippen molar-refractivity contribution >= 4 is 46.9 Å². The zero-order valence-electron chi connectivity index (χ0n) is 31.1. The number of imide groups is 2. The fourth-order valence-corrected chi connectivity index (χ4v) is 8.19. The first kappa shape index (κ1) is 38.3. The minimum absolute atomic E-state index is 0.0731. The maximum absolute atomic E-state index is 14.8. The predicted molar refractivity (Wildman–Crippen MR) is 211 cm³/mol. The van der Waals surface area contributed by atoms with Crippen LogP contribution in [0.25, 0.3) is 0 Å². The van der Waals surface area contributed by atoms with E-state index < -0.39 is 34.8 Å². The number of anilines is 2. The van der Waals surface area contributed by atoms with Crippen LogP contribution in [0, 0.1) is 35.3 Å². The standard InChI is InChI=1S/C23H20F2N2O2.C22H19ClN2O2/c1-26-22(29)27(20(28)15-23(26)11-5-6-12-23)21-18(24)13-17(14-19(21)25)10-9-16-7-3-2-4-8-16;1-24-21(27)25(20(26)15-22(24)12-5-13-22)19-11-10-17(14-18(19)23)9-8-16-6-3-2-4-7-16/h2-4,7-8,13-14H,5-6,11-12,15H2,1H3;2-4,6-7,10-11,14H,5,12-13,15H2,1H3. The summed E-state index contributed by atoms with van der Waals surface area (Å²) in [5.74, 6) is 8.94. The molecule has 0 radical (unpaired) electrons. The Hall–Kier alpha value is -5.97. The summed E-state index contributed by atoms with van der Waals surface area (Å²) in [5.41, 5.74) is 1.44. The quantitative estimate of drug-likeness (QED) is 0.191. The van der Waals surface area contributed by atoms with E-state index in [0.29, 0.717) is 27.6 Å². The van der Waals surface area contributed by atoms with Crippen LogP contribution in [0.3, 0.4) is 0 Å². The van der Waals surface area contributed by atoms with Crippen molar-refractivity contribution in [3.63, 3.8) is 0 Å². The Bertz CT molecular complexity index is 2310. The summed E-state index contributed by atoms with van der Waals surface area (Å²) in [6.07, 6.45) is 6.57. The van der Waals surface area contributed by atoms with Crippen molar-refractivity contribution in [1.29, 1.82) is 0 Å². The summed E-state index contributed by atoms with van der Waals surface area (Å²) >= 11 is 6.41. The van der Waals surface area contributed by atoms with Crippen LogP contribution in [0.4, 0.5) is 29.7 Å². The molecular weight excluding hydrogens is 734 g/mol. The van der Waals surface area contributed by atoms with E-state index in [9.17, 15) is 28.0 Å². The molecule has 2 saturated carbocycles. The van der Waals surface area contributed by atoms with Gasteiger partial charge in [0.15, 0.2) is 11.6 Å². The molecule has 4 aromatic rings. The number of hydrogen-bond acceptors (Lipinski definition) is 4. The van der Waals surface area contributed by atoms with Gasteiger partial charge in [-0.05, 0) is 86.7 Å². The lowest BCUT2D eigenvalue weighted by molar-refractivity contribution is -0.124. The van der Waals surface area contributed by atoms with Crippen molar-refractivity contribution < 1.29 is 28.0 Å². The molecule has 6 amide bonds. The van der Waals surface area contributed by atoms with E-state index in [1.165, 1.54) is 9.80 Å². The molecule has 0 bridgehead atoms. The summed E-state index contributed by atoms with van der Waals surface area (Å²) in [6, 6.07) is 25.0. The monoisotopic (exact) mass is 772 g/mol. The van der Waals surface area contributed by atoms with E-state index in [-0.39, 0.29) is 29.5 Å². The fourth-order valence-electron chi connectivity index (χ4n) is 7.93. The van der Waals surface area contributed by atoms with Crippen molar-refractivity contribution in [3.8, 4) is 23.7 Å². The molecule has 0 N–H and O–H groups in total.